The molecule has 2 aromatic carbocycles. The van der Waals surface area contributed by atoms with E-state index in [9.17, 15) is 22.4 Å². The van der Waals surface area contributed by atoms with Gasteiger partial charge in [0.25, 0.3) is 5.91 Å². The summed E-state index contributed by atoms with van der Waals surface area (Å²) >= 11 is 7.19. The van der Waals surface area contributed by atoms with Gasteiger partial charge in [0.05, 0.1) is 22.3 Å². The quantitative estimate of drug-likeness (QED) is 0.433. The molecular weight excluding hydrogens is 534 g/mol. The maximum absolute atomic E-state index is 14.8. The van der Waals surface area contributed by atoms with Crippen LogP contribution in [0.15, 0.2) is 41.0 Å². The molecule has 1 unspecified atom stereocenters. The molecule has 37 heavy (non-hydrogen) atoms. The third-order valence-corrected chi connectivity index (χ3v) is 7.45. The molecule has 0 radical (unpaired) electrons. The van der Waals surface area contributed by atoms with E-state index >= 15 is 0 Å². The molecule has 5 rings (SSSR count). The van der Waals surface area contributed by atoms with Gasteiger partial charge in [-0.25, -0.2) is 4.39 Å². The maximum atomic E-state index is 14.8. The predicted octanol–water partition coefficient (Wildman–Crippen LogP) is 5.32. The van der Waals surface area contributed by atoms with Crippen LogP contribution in [0.1, 0.15) is 46.0 Å². The fourth-order valence-corrected chi connectivity index (χ4v) is 5.17. The topological polar surface area (TPSA) is 79.7 Å². The zero-order valence-electron chi connectivity index (χ0n) is 19.6. The molecule has 7 nitrogen and oxygen atoms in total. The number of carbonyl (C=O) groups is 1. The van der Waals surface area contributed by atoms with Gasteiger partial charge in [-0.05, 0) is 49.2 Å². The van der Waals surface area contributed by atoms with Crippen LogP contribution in [0, 0.1) is 12.7 Å². The van der Waals surface area contributed by atoms with Gasteiger partial charge in [0, 0.05) is 30.6 Å². The highest BCUT2D eigenvalue weighted by atomic mass is 35.5. The number of anilines is 1. The van der Waals surface area contributed by atoms with Gasteiger partial charge in [0.15, 0.2) is 5.60 Å². The van der Waals surface area contributed by atoms with Crippen molar-refractivity contribution in [1.29, 1.82) is 0 Å². The van der Waals surface area contributed by atoms with Gasteiger partial charge in [-0.1, -0.05) is 34.2 Å². The molecule has 1 amide bonds. The molecule has 2 aliphatic heterocycles. The van der Waals surface area contributed by atoms with Gasteiger partial charge in [-0.15, -0.1) is 10.2 Å². The zero-order chi connectivity index (χ0) is 26.5. The molecule has 1 N–H and O–H groups in total. The summed E-state index contributed by atoms with van der Waals surface area (Å²) in [6.07, 6.45) is -4.69. The van der Waals surface area contributed by atoms with Crippen LogP contribution >= 0.6 is 22.9 Å². The van der Waals surface area contributed by atoms with Crippen molar-refractivity contribution in [2.24, 2.45) is 5.16 Å². The summed E-state index contributed by atoms with van der Waals surface area (Å²) in [6.45, 7) is 4.51. The normalized spacial score (nSPS) is 19.9. The van der Waals surface area contributed by atoms with Crippen molar-refractivity contribution in [1.82, 2.24) is 15.5 Å². The average Bonchev–Trinajstić information content (AvgIpc) is 3.47. The molecule has 0 aliphatic carbocycles. The average molecular weight is 554 g/mol. The molecule has 1 fully saturated rings. The summed E-state index contributed by atoms with van der Waals surface area (Å²) in [4.78, 5) is 20.3. The summed E-state index contributed by atoms with van der Waals surface area (Å²) in [5.74, 6) is -1.21. The first-order chi connectivity index (χ1) is 17.4. The highest BCUT2D eigenvalue weighted by Crippen LogP contribution is 2.42. The summed E-state index contributed by atoms with van der Waals surface area (Å²) in [6, 6.07) is 6.31. The number of alkyl halides is 3. The highest BCUT2D eigenvalue weighted by molar-refractivity contribution is 7.13. The second kappa shape index (κ2) is 9.25. The molecule has 1 atom stereocenters. The van der Waals surface area contributed by atoms with Crippen molar-refractivity contribution in [3.05, 3.63) is 74.5 Å². The van der Waals surface area contributed by atoms with Crippen molar-refractivity contribution in [2.75, 3.05) is 18.0 Å². The molecule has 13 heteroatoms. The van der Waals surface area contributed by atoms with Gasteiger partial charge >= 0.3 is 6.18 Å². The monoisotopic (exact) mass is 553 g/mol. The molecule has 2 aliphatic rings. The second-order valence-electron chi connectivity index (χ2n) is 9.18. The SMILES string of the molecule is Cc1cc(C2=NOC(C)(c3cc(C(F)(F)F)cc(Cl)c3F)C2)ccc1C(=O)NC1CN(c2nncs2)C1. The molecular formula is C24H20ClF4N5O2S. The molecule has 0 spiro atoms. The van der Waals surface area contributed by atoms with Crippen molar-refractivity contribution in [3.8, 4) is 0 Å². The van der Waals surface area contributed by atoms with E-state index in [1.165, 1.54) is 18.3 Å². The number of halogens is 5. The minimum Gasteiger partial charge on any atom is -0.384 e. The van der Waals surface area contributed by atoms with Gasteiger partial charge in [-0.2, -0.15) is 13.2 Å². The van der Waals surface area contributed by atoms with Crippen molar-refractivity contribution in [2.45, 2.75) is 38.1 Å². The Morgan fingerprint density at radius 3 is 2.68 bits per heavy atom. The fraction of sp³-hybridized carbons (Fsp3) is 0.333. The van der Waals surface area contributed by atoms with Crippen molar-refractivity contribution >= 4 is 39.7 Å². The lowest BCUT2D eigenvalue weighted by Crippen LogP contribution is -2.59. The molecule has 0 saturated carbocycles. The van der Waals surface area contributed by atoms with Crippen LogP contribution in [-0.4, -0.2) is 40.9 Å². The molecule has 194 valence electrons. The third-order valence-electron chi connectivity index (χ3n) is 6.43. The largest absolute Gasteiger partial charge is 0.416 e. The van der Waals surface area contributed by atoms with E-state index in [4.69, 9.17) is 16.4 Å². The Labute approximate surface area is 218 Å². The minimum atomic E-state index is -4.70. The lowest BCUT2D eigenvalue weighted by Gasteiger charge is -2.39. The first kappa shape index (κ1) is 25.4. The number of hydrogen-bond acceptors (Lipinski definition) is 7. The van der Waals surface area contributed by atoms with Gasteiger partial charge in [-0.3, -0.25) is 4.79 Å². The zero-order valence-corrected chi connectivity index (χ0v) is 21.1. The first-order valence-electron chi connectivity index (χ1n) is 11.2. The van der Waals surface area contributed by atoms with Crippen LogP contribution in [0.25, 0.3) is 0 Å². The number of hydrogen-bond donors (Lipinski definition) is 1. The number of carbonyl (C=O) groups excluding carboxylic acids is 1. The lowest BCUT2D eigenvalue weighted by molar-refractivity contribution is -0.137. The summed E-state index contributed by atoms with van der Waals surface area (Å²) in [5, 5.41) is 15.0. The Morgan fingerprint density at radius 2 is 2.03 bits per heavy atom. The Balaban J connectivity index is 1.28. The first-order valence-corrected chi connectivity index (χ1v) is 12.4. The lowest BCUT2D eigenvalue weighted by atomic mass is 9.87. The number of oxime groups is 1. The maximum Gasteiger partial charge on any atom is 0.416 e. The Kier molecular flexibility index (Phi) is 6.35. The Bertz CT molecular complexity index is 1390. The van der Waals surface area contributed by atoms with Crippen LogP contribution in [0.4, 0.5) is 22.7 Å². The van der Waals surface area contributed by atoms with E-state index in [0.29, 0.717) is 47.6 Å². The van der Waals surface area contributed by atoms with Gasteiger partial charge in [0.1, 0.15) is 11.3 Å². The van der Waals surface area contributed by atoms with E-state index < -0.39 is 28.2 Å². The number of rotatable bonds is 5. The molecule has 0 bridgehead atoms. The second-order valence-corrected chi connectivity index (χ2v) is 10.4. The minimum absolute atomic E-state index is 0.00998. The third kappa shape index (κ3) is 4.87. The number of aromatic nitrogens is 2. The molecule has 1 aromatic heterocycles. The van der Waals surface area contributed by atoms with E-state index in [1.807, 2.05) is 4.90 Å². The number of amides is 1. The predicted molar refractivity (Wildman–Crippen MR) is 131 cm³/mol. The number of aryl methyl sites for hydroxylation is 1. The smallest absolute Gasteiger partial charge is 0.384 e. The van der Waals surface area contributed by atoms with Crippen LogP contribution < -0.4 is 10.2 Å². The summed E-state index contributed by atoms with van der Waals surface area (Å²) < 4.78 is 54.6. The Morgan fingerprint density at radius 1 is 1.27 bits per heavy atom. The van der Waals surface area contributed by atoms with Gasteiger partial charge in [0.2, 0.25) is 5.13 Å². The van der Waals surface area contributed by atoms with Crippen LogP contribution in [0.3, 0.4) is 0 Å². The fourth-order valence-electron chi connectivity index (χ4n) is 4.37. The highest BCUT2D eigenvalue weighted by Gasteiger charge is 2.42. The standard InChI is InChI=1S/C24H20ClF4N5O2S/c1-12-5-13(3-4-16(12)21(35)31-15-9-34(10-15)22-32-30-11-37-22)19-8-23(2,36-33-19)17-6-14(24(27,28)29)7-18(25)20(17)26/h3-7,11,15H,8-10H2,1-2H3,(H,31,35). The molecule has 3 aromatic rings. The number of nitrogens with zero attached hydrogens (tertiary/aromatic N) is 4. The van der Waals surface area contributed by atoms with Crippen LogP contribution in [0.2, 0.25) is 5.02 Å². The van der Waals surface area contributed by atoms with E-state index in [0.717, 1.165) is 5.13 Å². The summed E-state index contributed by atoms with van der Waals surface area (Å²) in [7, 11) is 0. The van der Waals surface area contributed by atoms with E-state index in [2.05, 4.69) is 20.7 Å². The van der Waals surface area contributed by atoms with E-state index in [1.54, 1.807) is 30.6 Å². The molecule has 1 saturated heterocycles. The van der Waals surface area contributed by atoms with Crippen LogP contribution in [-0.2, 0) is 16.6 Å². The van der Waals surface area contributed by atoms with Crippen LogP contribution in [0.5, 0.6) is 0 Å². The summed E-state index contributed by atoms with van der Waals surface area (Å²) in [5.41, 5.74) is 0.949. The molecule has 3 heterocycles. The van der Waals surface area contributed by atoms with Crippen molar-refractivity contribution in [3.63, 3.8) is 0 Å². The Hall–Kier alpha value is -3.25. The number of nitrogens with one attached hydrogen (secondary N) is 1. The van der Waals surface area contributed by atoms with E-state index in [-0.39, 0.29) is 23.9 Å². The van der Waals surface area contributed by atoms with Gasteiger partial charge < -0.3 is 15.1 Å². The number of benzene rings is 2. The van der Waals surface area contributed by atoms with Crippen molar-refractivity contribution < 1.29 is 27.2 Å².